The van der Waals surface area contributed by atoms with Crippen LogP contribution in [-0.4, -0.2) is 16.8 Å². The van der Waals surface area contributed by atoms with Crippen LogP contribution in [0.3, 0.4) is 0 Å². The summed E-state index contributed by atoms with van der Waals surface area (Å²) >= 11 is 0. The van der Waals surface area contributed by atoms with Crippen molar-refractivity contribution in [3.05, 3.63) is 63.1 Å². The number of nitrogens with zero attached hydrogens (tertiary/aromatic N) is 2. The van der Waals surface area contributed by atoms with E-state index in [4.69, 9.17) is 0 Å². The maximum atomic E-state index is 10.3. The number of fused-ring (bicyclic) bond motifs is 1. The molecule has 0 amide bonds. The molecule has 2 nitrogen and oxygen atoms in total. The molecule has 1 aliphatic heterocycles. The van der Waals surface area contributed by atoms with E-state index < -0.39 is 0 Å². The fourth-order valence-corrected chi connectivity index (χ4v) is 5.56. The van der Waals surface area contributed by atoms with Crippen LogP contribution < -0.4 is 0 Å². The molecule has 2 fully saturated rings. The molecule has 1 aromatic rings. The Bertz CT molecular complexity index is 591. The van der Waals surface area contributed by atoms with Gasteiger partial charge in [0.2, 0.25) is 0 Å². The van der Waals surface area contributed by atoms with Crippen LogP contribution in [-0.2, 0) is 28.3 Å². The number of benzene rings is 1. The van der Waals surface area contributed by atoms with Crippen molar-refractivity contribution >= 4 is 5.84 Å². The van der Waals surface area contributed by atoms with Crippen molar-refractivity contribution in [2.75, 3.05) is 0 Å². The van der Waals surface area contributed by atoms with E-state index in [9.17, 15) is 5.41 Å². The molecule has 1 heterocycles. The van der Waals surface area contributed by atoms with Crippen molar-refractivity contribution < 1.29 is 21.7 Å². The van der Waals surface area contributed by atoms with Crippen molar-refractivity contribution in [3.63, 3.8) is 0 Å². The predicted molar refractivity (Wildman–Crippen MR) is 136 cm³/mol. The molecule has 0 atom stereocenters. The van der Waals surface area contributed by atoms with Crippen molar-refractivity contribution in [3.8, 4) is 0 Å². The second-order valence-corrected chi connectivity index (χ2v) is 9.55. The van der Waals surface area contributed by atoms with Gasteiger partial charge in [-0.2, -0.15) is 0 Å². The third kappa shape index (κ3) is 7.19. The summed E-state index contributed by atoms with van der Waals surface area (Å²) in [6.45, 7) is 12.9. The Balaban J connectivity index is 0. The number of rotatable bonds is 1. The van der Waals surface area contributed by atoms with Gasteiger partial charge in [0.1, 0.15) is 0 Å². The van der Waals surface area contributed by atoms with Crippen molar-refractivity contribution in [2.24, 2.45) is 29.6 Å². The van der Waals surface area contributed by atoms with E-state index in [0.717, 1.165) is 41.7 Å². The Morgan fingerprint density at radius 1 is 0.710 bits per heavy atom. The van der Waals surface area contributed by atoms with E-state index in [1.165, 1.54) is 44.1 Å². The Kier molecular flexibility index (Phi) is 15.3. The minimum Gasteiger partial charge on any atom is -0.464 e. The van der Waals surface area contributed by atoms with Crippen LogP contribution in [0.15, 0.2) is 24.3 Å². The van der Waals surface area contributed by atoms with Crippen LogP contribution >= 0.6 is 0 Å². The summed E-state index contributed by atoms with van der Waals surface area (Å²) in [4.78, 5) is 2.22. The topological polar surface area (TPSA) is 25.5 Å². The zero-order valence-electron chi connectivity index (χ0n) is 21.6. The van der Waals surface area contributed by atoms with E-state index in [0.29, 0.717) is 11.9 Å². The fraction of sp³-hybridized carbons (Fsp3) is 0.643. The summed E-state index contributed by atoms with van der Waals surface area (Å²) in [5, 5.41) is 10.3. The molecule has 31 heavy (non-hydrogen) atoms. The van der Waals surface area contributed by atoms with Crippen LogP contribution in [0.1, 0.15) is 84.3 Å². The minimum absolute atomic E-state index is 0. The summed E-state index contributed by atoms with van der Waals surface area (Å²) in [5.41, 5.74) is 2.31. The second kappa shape index (κ2) is 14.5. The first kappa shape index (κ1) is 32.6. The molecule has 0 aromatic heterocycles. The average molecular weight is 461 g/mol. The average Bonchev–Trinajstić information content (AvgIpc) is 2.95. The number of amidine groups is 1. The summed E-state index contributed by atoms with van der Waals surface area (Å²) in [7, 11) is 0. The predicted octanol–water partition coefficient (Wildman–Crippen LogP) is 8.07. The monoisotopic (exact) mass is 460 g/mol. The van der Waals surface area contributed by atoms with E-state index in [-0.39, 0.29) is 44.0 Å². The molecule has 0 spiro atoms. The summed E-state index contributed by atoms with van der Waals surface area (Å²) in [6, 6.07) is 8.77. The zero-order chi connectivity index (χ0) is 19.6. The zero-order valence-corrected chi connectivity index (χ0v) is 23.2. The molecule has 0 radical (unpaired) electrons. The van der Waals surface area contributed by atoms with E-state index in [1.54, 1.807) is 0 Å². The van der Waals surface area contributed by atoms with E-state index >= 15 is 0 Å². The normalized spacial score (nSPS) is 29.6. The first-order chi connectivity index (χ1) is 12.9. The van der Waals surface area contributed by atoms with Gasteiger partial charge in [-0.3, -0.25) is 0 Å². The minimum atomic E-state index is 0. The second-order valence-electron chi connectivity index (χ2n) is 9.55. The van der Waals surface area contributed by atoms with Gasteiger partial charge in [-0.15, -0.1) is 0 Å². The van der Waals surface area contributed by atoms with Crippen LogP contribution in [0.2, 0.25) is 0 Å². The van der Waals surface area contributed by atoms with Gasteiger partial charge in [0.05, 0.1) is 0 Å². The summed E-state index contributed by atoms with van der Waals surface area (Å²) in [6.07, 6.45) is 7.81. The summed E-state index contributed by atoms with van der Waals surface area (Å²) in [5.74, 6) is 5.18. The van der Waals surface area contributed by atoms with Crippen molar-refractivity contribution in [2.45, 2.75) is 85.7 Å². The maximum Gasteiger partial charge on any atom is 4.00 e. The van der Waals surface area contributed by atoms with Gasteiger partial charge >= 0.3 is 21.7 Å². The molecule has 2 saturated carbocycles. The van der Waals surface area contributed by atoms with Gasteiger partial charge in [-0.1, -0.05) is 103 Å². The molecular formula is C28H48N2Ti. The first-order valence-electron chi connectivity index (χ1n) is 11.3. The van der Waals surface area contributed by atoms with Gasteiger partial charge in [0.15, 0.2) is 0 Å². The third-order valence-corrected chi connectivity index (χ3v) is 8.28. The molecule has 0 unspecified atom stereocenters. The molecular weight excluding hydrogens is 412 g/mol. The largest absolute Gasteiger partial charge is 4.00 e. The smallest absolute Gasteiger partial charge is 0.464 e. The molecule has 2 aliphatic carbocycles. The van der Waals surface area contributed by atoms with Crippen LogP contribution in [0.25, 0.3) is 5.41 Å². The molecule has 0 bridgehead atoms. The van der Waals surface area contributed by atoms with Gasteiger partial charge in [0.25, 0.3) is 0 Å². The Hall–Kier alpha value is -0.596. The number of hydrogen-bond donors (Lipinski definition) is 0. The number of hydrogen-bond acceptors (Lipinski definition) is 0. The van der Waals surface area contributed by atoms with E-state index in [1.807, 2.05) is 12.1 Å². The third-order valence-electron chi connectivity index (χ3n) is 8.28. The fourth-order valence-electron chi connectivity index (χ4n) is 5.56. The Labute approximate surface area is 210 Å². The molecule has 4 rings (SSSR count). The van der Waals surface area contributed by atoms with Gasteiger partial charge in [0, 0.05) is 0 Å². The molecule has 3 aliphatic rings. The van der Waals surface area contributed by atoms with Crippen LogP contribution in [0.5, 0.6) is 0 Å². The first-order valence-corrected chi connectivity index (χ1v) is 11.3. The Morgan fingerprint density at radius 2 is 1.13 bits per heavy atom. The van der Waals surface area contributed by atoms with Gasteiger partial charge in [-0.25, -0.2) is 0 Å². The van der Waals surface area contributed by atoms with Crippen molar-refractivity contribution in [1.82, 2.24) is 4.90 Å². The van der Waals surface area contributed by atoms with Crippen LogP contribution in [0, 0.1) is 51.9 Å². The molecule has 3 heteroatoms. The summed E-state index contributed by atoms with van der Waals surface area (Å²) < 4.78 is 0. The van der Waals surface area contributed by atoms with Crippen LogP contribution in [0.4, 0.5) is 0 Å². The van der Waals surface area contributed by atoms with Gasteiger partial charge in [-0.05, 0) is 53.3 Å². The van der Waals surface area contributed by atoms with Crippen molar-refractivity contribution in [1.29, 1.82) is 0 Å². The maximum absolute atomic E-state index is 10.3. The van der Waals surface area contributed by atoms with E-state index in [2.05, 4.69) is 51.7 Å². The standard InChI is InChI=1S/C15H19N2.C10H20.3CH3.Ti/c16-15-14-10-6-5-7-12(14)11-17(15)13-8-3-1-2-4-9-13;1-6-7(2)9(4)10(5)8(6)3;;;;/h5-7,10,13H,1-4,8-9,11H2;6-10H,1-5H3;3*1H3;/q-1;;3*-1;+4. The Morgan fingerprint density at radius 3 is 1.55 bits per heavy atom. The molecule has 0 N–H and O–H groups in total. The molecule has 0 saturated heterocycles. The quantitative estimate of drug-likeness (QED) is 0.236. The SMILES string of the molecule is CC1C(C)C(C)C(C)C1C.[CH3-].[CH3-].[CH3-].[N-]=C1c2ccccc2CN1C1CCCCCC1.[Ti+4]. The van der Waals surface area contributed by atoms with Gasteiger partial charge < -0.3 is 32.6 Å². The molecule has 1 aromatic carbocycles. The molecule has 174 valence electrons.